The van der Waals surface area contributed by atoms with Gasteiger partial charge >= 0.3 is 0 Å². The van der Waals surface area contributed by atoms with Crippen molar-refractivity contribution in [1.82, 2.24) is 0 Å². The zero-order valence-corrected chi connectivity index (χ0v) is 18.1. The van der Waals surface area contributed by atoms with Crippen molar-refractivity contribution in [1.29, 1.82) is 0 Å². The van der Waals surface area contributed by atoms with Gasteiger partial charge in [0.15, 0.2) is 18.8 Å². The zero-order chi connectivity index (χ0) is 20.8. The molecule has 4 rings (SSSR count). The second-order valence-corrected chi connectivity index (χ2v) is 7.61. The molecule has 1 aliphatic heterocycles. The molecule has 0 spiro atoms. The number of rotatable bonds is 5. The monoisotopic (exact) mass is 399 g/mol. The van der Waals surface area contributed by atoms with Gasteiger partial charge in [0, 0.05) is 30.9 Å². The molecule has 2 aliphatic rings. The predicted molar refractivity (Wildman–Crippen MR) is 127 cm³/mol. The van der Waals surface area contributed by atoms with Gasteiger partial charge in [-0.3, -0.25) is 0 Å². The van der Waals surface area contributed by atoms with Crippen LogP contribution >= 0.6 is 0 Å². The van der Waals surface area contributed by atoms with Crippen molar-refractivity contribution in [2.45, 2.75) is 13.8 Å². The van der Waals surface area contributed by atoms with Crippen molar-refractivity contribution in [3.63, 3.8) is 0 Å². The maximum Gasteiger partial charge on any atom is 0.200 e. The van der Waals surface area contributed by atoms with Crippen LogP contribution in [0.4, 0.5) is 5.69 Å². The van der Waals surface area contributed by atoms with Gasteiger partial charge in [-0.1, -0.05) is 42.5 Å². The van der Waals surface area contributed by atoms with E-state index in [1.165, 1.54) is 33.7 Å². The molecule has 0 atom stereocenters. The molecule has 0 bridgehead atoms. The van der Waals surface area contributed by atoms with Crippen LogP contribution in [0.1, 0.15) is 25.0 Å². The third-order valence-electron chi connectivity index (χ3n) is 5.88. The Morgan fingerprint density at radius 1 is 0.800 bits per heavy atom. The second kappa shape index (κ2) is 9.73. The Morgan fingerprint density at radius 2 is 1.40 bits per heavy atom. The van der Waals surface area contributed by atoms with Gasteiger partial charge in [0.2, 0.25) is 0 Å². The quantitative estimate of drug-likeness (QED) is 0.662. The minimum atomic E-state index is 0.808. The maximum atomic E-state index is 5.49. The molecule has 0 amide bonds. The molecule has 154 valence electrons. The first-order valence-electron chi connectivity index (χ1n) is 11.0. The molecule has 0 N–H and O–H groups in total. The highest BCUT2D eigenvalue weighted by atomic mass is 16.5. The summed E-state index contributed by atoms with van der Waals surface area (Å²) in [5.41, 5.74) is 7.55. The molecular formula is C27H31N2O+. The van der Waals surface area contributed by atoms with Crippen LogP contribution in [0.2, 0.25) is 0 Å². The predicted octanol–water partition coefficient (Wildman–Crippen LogP) is 4.94. The lowest BCUT2D eigenvalue weighted by Gasteiger charge is -2.22. The van der Waals surface area contributed by atoms with Crippen LogP contribution in [0.5, 0.6) is 0 Å². The fourth-order valence-electron chi connectivity index (χ4n) is 4.19. The number of ether oxygens (including phenoxy) is 1. The summed E-state index contributed by atoms with van der Waals surface area (Å²) < 4.78 is 7.89. The van der Waals surface area contributed by atoms with Crippen LogP contribution in [0, 0.1) is 0 Å². The second-order valence-electron chi connectivity index (χ2n) is 7.61. The van der Waals surface area contributed by atoms with Gasteiger partial charge in [0.1, 0.15) is 13.2 Å². The summed E-state index contributed by atoms with van der Waals surface area (Å²) >= 11 is 0. The molecule has 1 fully saturated rings. The highest BCUT2D eigenvalue weighted by molar-refractivity contribution is 6.04. The van der Waals surface area contributed by atoms with E-state index in [0.29, 0.717) is 0 Å². The Labute approximate surface area is 180 Å². The number of nitrogens with zero attached hydrogens (tertiary/aromatic N) is 2. The van der Waals surface area contributed by atoms with Crippen molar-refractivity contribution in [2.75, 3.05) is 44.3 Å². The summed E-state index contributed by atoms with van der Waals surface area (Å²) in [5, 5.41) is 0. The Hall–Kier alpha value is -2.91. The lowest BCUT2D eigenvalue weighted by atomic mass is 9.90. The fourth-order valence-corrected chi connectivity index (χ4v) is 4.19. The summed E-state index contributed by atoms with van der Waals surface area (Å²) in [6.07, 6.45) is 9.00. The molecule has 1 heterocycles. The van der Waals surface area contributed by atoms with Crippen LogP contribution in [0.25, 0.3) is 5.57 Å². The van der Waals surface area contributed by atoms with Crippen LogP contribution in [0.15, 0.2) is 84.5 Å². The van der Waals surface area contributed by atoms with E-state index >= 15 is 0 Å². The summed E-state index contributed by atoms with van der Waals surface area (Å²) in [5.74, 6) is 0. The molecule has 2 aromatic rings. The van der Waals surface area contributed by atoms with Gasteiger partial charge in [-0.2, -0.15) is 0 Å². The minimum Gasteiger partial charge on any atom is -0.372 e. The number of hydrogen-bond acceptors (Lipinski definition) is 2. The zero-order valence-electron chi connectivity index (χ0n) is 18.1. The Bertz CT molecular complexity index is 951. The van der Waals surface area contributed by atoms with Crippen molar-refractivity contribution >= 4 is 17.0 Å². The van der Waals surface area contributed by atoms with Crippen LogP contribution < -0.4 is 4.90 Å². The number of allylic oxidation sites excluding steroid dienone is 5. The molecule has 30 heavy (non-hydrogen) atoms. The first-order valence-corrected chi connectivity index (χ1v) is 11.0. The minimum absolute atomic E-state index is 0.808. The lowest BCUT2D eigenvalue weighted by molar-refractivity contribution is -0.547. The van der Waals surface area contributed by atoms with Gasteiger partial charge in [0.25, 0.3) is 0 Å². The molecule has 3 heteroatoms. The van der Waals surface area contributed by atoms with E-state index in [-0.39, 0.29) is 0 Å². The van der Waals surface area contributed by atoms with Crippen molar-refractivity contribution in [3.8, 4) is 0 Å². The number of benzene rings is 2. The van der Waals surface area contributed by atoms with Gasteiger partial charge in [-0.25, -0.2) is 4.58 Å². The number of morpholine rings is 1. The van der Waals surface area contributed by atoms with E-state index in [9.17, 15) is 0 Å². The van der Waals surface area contributed by atoms with E-state index in [0.717, 1.165) is 39.4 Å². The van der Waals surface area contributed by atoms with E-state index in [4.69, 9.17) is 4.74 Å². The van der Waals surface area contributed by atoms with Crippen molar-refractivity contribution in [2.24, 2.45) is 0 Å². The number of anilines is 1. The Balaban J connectivity index is 1.72. The topological polar surface area (TPSA) is 15.5 Å². The fraction of sp³-hybridized carbons (Fsp3) is 0.296. The highest BCUT2D eigenvalue weighted by Gasteiger charge is 2.18. The number of hydrogen-bond donors (Lipinski definition) is 0. The molecule has 0 saturated carbocycles. The molecule has 2 aromatic carbocycles. The Kier molecular flexibility index (Phi) is 6.60. The van der Waals surface area contributed by atoms with Crippen molar-refractivity contribution in [3.05, 3.63) is 95.6 Å². The summed E-state index contributed by atoms with van der Waals surface area (Å²) in [6, 6.07) is 19.7. The summed E-state index contributed by atoms with van der Waals surface area (Å²) in [4.78, 5) is 2.38. The normalized spacial score (nSPS) is 16.1. The van der Waals surface area contributed by atoms with E-state index in [2.05, 4.69) is 102 Å². The van der Waals surface area contributed by atoms with Crippen molar-refractivity contribution < 1.29 is 9.31 Å². The molecule has 1 saturated heterocycles. The average molecular weight is 400 g/mol. The maximum absolute atomic E-state index is 5.49. The molecule has 0 aromatic heterocycles. The largest absolute Gasteiger partial charge is 0.372 e. The third-order valence-corrected chi connectivity index (χ3v) is 5.88. The van der Waals surface area contributed by atoms with Crippen LogP contribution in [0.3, 0.4) is 0 Å². The van der Waals surface area contributed by atoms with Crippen LogP contribution in [-0.2, 0) is 4.74 Å². The molecular weight excluding hydrogens is 368 g/mol. The molecule has 1 aliphatic carbocycles. The average Bonchev–Trinajstić information content (AvgIpc) is 2.83. The molecule has 0 radical (unpaired) electrons. The lowest BCUT2D eigenvalue weighted by Crippen LogP contribution is -2.32. The van der Waals surface area contributed by atoms with Gasteiger partial charge in [-0.15, -0.1) is 0 Å². The molecule has 0 unspecified atom stereocenters. The smallest absolute Gasteiger partial charge is 0.200 e. The Morgan fingerprint density at radius 3 is 2.00 bits per heavy atom. The van der Waals surface area contributed by atoms with Gasteiger partial charge in [-0.05, 0) is 60.4 Å². The highest BCUT2D eigenvalue weighted by Crippen LogP contribution is 2.31. The van der Waals surface area contributed by atoms with E-state index in [1.807, 2.05) is 0 Å². The van der Waals surface area contributed by atoms with E-state index < -0.39 is 0 Å². The van der Waals surface area contributed by atoms with Crippen LogP contribution in [-0.4, -0.2) is 49.7 Å². The summed E-state index contributed by atoms with van der Waals surface area (Å²) in [6.45, 7) is 9.99. The molecule has 3 nitrogen and oxygen atoms in total. The first kappa shape index (κ1) is 20.4. The first-order chi connectivity index (χ1) is 14.8. The van der Waals surface area contributed by atoms with Gasteiger partial charge in [0.05, 0.1) is 0 Å². The van der Waals surface area contributed by atoms with E-state index in [1.54, 1.807) is 0 Å². The summed E-state index contributed by atoms with van der Waals surface area (Å²) in [7, 11) is 0. The standard InChI is InChI=1S/C27H31N2O/c1-3-28(4-2)25-14-10-23(11-15-25)27(22-8-6-5-7-9-22)24-12-16-26(17-13-24)29-18-20-30-21-19-29/h5-17H,3-4,18-21H2,1-2H3/q+1. The SMILES string of the molecule is CCN(CC)c1ccc(C(=C2C=CC(=[N+]3CCOCC3)C=C2)c2ccccc2)cc1. The van der Waals surface area contributed by atoms with Gasteiger partial charge < -0.3 is 9.64 Å². The third kappa shape index (κ3) is 4.47.